The van der Waals surface area contributed by atoms with Crippen LogP contribution in [0, 0.1) is 0 Å². The van der Waals surface area contributed by atoms with Crippen molar-refractivity contribution in [1.29, 1.82) is 0 Å². The quantitative estimate of drug-likeness (QED) is 0.772. The number of aromatic hydroxyl groups is 1. The third-order valence-electron chi connectivity index (χ3n) is 4.90. The first-order chi connectivity index (χ1) is 13.1. The zero-order chi connectivity index (χ0) is 19.0. The molecule has 4 rings (SSSR count). The van der Waals surface area contributed by atoms with E-state index in [0.717, 1.165) is 12.8 Å². The molecule has 1 amide bonds. The summed E-state index contributed by atoms with van der Waals surface area (Å²) < 4.78 is 5.65. The van der Waals surface area contributed by atoms with Crippen molar-refractivity contribution in [1.82, 2.24) is 4.90 Å². The predicted octanol–water partition coefficient (Wildman–Crippen LogP) is 3.21. The number of carbonyl (C=O) groups excluding carboxylic acids is 2. The number of hydrogen-bond donors (Lipinski definition) is 2. The van der Waals surface area contributed by atoms with Crippen LogP contribution < -0.4 is 0 Å². The molecule has 0 unspecified atom stereocenters. The van der Waals surface area contributed by atoms with Crippen LogP contribution in [0.4, 0.5) is 0 Å². The van der Waals surface area contributed by atoms with Gasteiger partial charge in [-0.3, -0.25) is 9.59 Å². The van der Waals surface area contributed by atoms with Crippen LogP contribution in [0.3, 0.4) is 0 Å². The van der Waals surface area contributed by atoms with Gasteiger partial charge in [-0.2, -0.15) is 0 Å². The number of amides is 1. The number of Topliss-reactive ketones (excluding diaryl/α,β-unsaturated/α-hetero) is 1. The second-order valence-corrected chi connectivity index (χ2v) is 7.61. The molecule has 6 nitrogen and oxygen atoms in total. The highest BCUT2D eigenvalue weighted by molar-refractivity contribution is 7.12. The number of carbonyl (C=O) groups is 2. The third-order valence-corrected chi connectivity index (χ3v) is 5.77. The molecule has 0 radical (unpaired) electrons. The van der Waals surface area contributed by atoms with Gasteiger partial charge in [0.2, 0.25) is 5.78 Å². The largest absolute Gasteiger partial charge is 0.508 e. The molecule has 1 aromatic heterocycles. The summed E-state index contributed by atoms with van der Waals surface area (Å²) in [5, 5.41) is 22.2. The van der Waals surface area contributed by atoms with Crippen molar-refractivity contribution in [2.24, 2.45) is 0 Å². The van der Waals surface area contributed by atoms with Gasteiger partial charge >= 0.3 is 0 Å². The molecule has 0 aliphatic carbocycles. The highest BCUT2D eigenvalue weighted by Crippen LogP contribution is 2.40. The summed E-state index contributed by atoms with van der Waals surface area (Å²) in [6.45, 7) is 0.925. The Morgan fingerprint density at radius 2 is 2.11 bits per heavy atom. The molecule has 1 fully saturated rings. The molecule has 2 N–H and O–H groups in total. The smallest absolute Gasteiger partial charge is 0.290 e. The molecule has 3 heterocycles. The van der Waals surface area contributed by atoms with Crippen LogP contribution in [-0.4, -0.2) is 46.1 Å². The number of ketones is 1. The van der Waals surface area contributed by atoms with Gasteiger partial charge < -0.3 is 19.8 Å². The number of hydrogen-bond acceptors (Lipinski definition) is 6. The van der Waals surface area contributed by atoms with Crippen LogP contribution in [0.2, 0.25) is 0 Å². The molecule has 1 saturated heterocycles. The van der Waals surface area contributed by atoms with Gasteiger partial charge in [0.15, 0.2) is 5.76 Å². The van der Waals surface area contributed by atoms with E-state index < -0.39 is 17.7 Å². The highest BCUT2D eigenvalue weighted by atomic mass is 32.1. The van der Waals surface area contributed by atoms with Gasteiger partial charge in [-0.1, -0.05) is 18.2 Å². The van der Waals surface area contributed by atoms with Gasteiger partial charge in [-0.05, 0) is 42.0 Å². The summed E-state index contributed by atoms with van der Waals surface area (Å²) >= 11 is 1.26. The minimum Gasteiger partial charge on any atom is -0.508 e. The van der Waals surface area contributed by atoms with Crippen molar-refractivity contribution in [3.05, 3.63) is 63.6 Å². The van der Waals surface area contributed by atoms with Crippen molar-refractivity contribution in [3.8, 4) is 5.75 Å². The molecule has 2 atom stereocenters. The molecule has 1 aromatic carbocycles. The lowest BCUT2D eigenvalue weighted by Gasteiger charge is -2.28. The molecule has 0 saturated carbocycles. The van der Waals surface area contributed by atoms with Crippen molar-refractivity contribution >= 4 is 23.0 Å². The van der Waals surface area contributed by atoms with Crippen molar-refractivity contribution in [2.45, 2.75) is 25.0 Å². The number of rotatable bonds is 5. The molecular formula is C20H19NO5S. The minimum absolute atomic E-state index is 0.0336. The Balaban J connectivity index is 1.76. The first-order valence-corrected chi connectivity index (χ1v) is 9.67. The molecule has 2 aliphatic heterocycles. The Bertz CT molecular complexity index is 899. The van der Waals surface area contributed by atoms with Gasteiger partial charge in [0.1, 0.15) is 5.75 Å². The Morgan fingerprint density at radius 1 is 1.26 bits per heavy atom. The van der Waals surface area contributed by atoms with E-state index in [1.54, 1.807) is 29.6 Å². The normalized spacial score (nSPS) is 22.7. The van der Waals surface area contributed by atoms with Crippen molar-refractivity contribution < 1.29 is 24.5 Å². The summed E-state index contributed by atoms with van der Waals surface area (Å²) in [5.41, 5.74) is 0.622. The van der Waals surface area contributed by atoms with Crippen molar-refractivity contribution in [3.63, 3.8) is 0 Å². The number of phenolic OH excluding ortho intramolecular Hbond substituents is 1. The second-order valence-electron chi connectivity index (χ2n) is 6.66. The Kier molecular flexibility index (Phi) is 4.72. The molecule has 0 bridgehead atoms. The Hall–Kier alpha value is -2.64. The van der Waals surface area contributed by atoms with Crippen LogP contribution in [0.5, 0.6) is 5.75 Å². The number of phenols is 1. The SMILES string of the molecule is O=C(C1=C(O)C(=O)N(C[C@@H]2CCCO2)[C@H]1c1cccc(O)c1)c1cccs1. The minimum atomic E-state index is -0.761. The topological polar surface area (TPSA) is 87.1 Å². The summed E-state index contributed by atoms with van der Waals surface area (Å²) in [7, 11) is 0. The van der Waals surface area contributed by atoms with Crippen LogP contribution in [0.15, 0.2) is 53.1 Å². The second kappa shape index (κ2) is 7.17. The fourth-order valence-corrected chi connectivity index (χ4v) is 4.34. The average molecular weight is 385 g/mol. The van der Waals surface area contributed by atoms with Crippen LogP contribution in [0.1, 0.15) is 34.1 Å². The molecule has 2 aliphatic rings. The molecule has 0 spiro atoms. The van der Waals surface area contributed by atoms with E-state index in [1.165, 1.54) is 28.4 Å². The van der Waals surface area contributed by atoms with Crippen molar-refractivity contribution in [2.75, 3.05) is 13.2 Å². The number of aliphatic hydroxyl groups is 1. The maximum Gasteiger partial charge on any atom is 0.290 e. The molecule has 2 aromatic rings. The van der Waals surface area contributed by atoms with E-state index >= 15 is 0 Å². The van der Waals surface area contributed by atoms with E-state index in [4.69, 9.17) is 4.74 Å². The van der Waals surface area contributed by atoms with Gasteiger partial charge in [-0.15, -0.1) is 11.3 Å². The lowest BCUT2D eigenvalue weighted by atomic mass is 9.95. The molecule has 140 valence electrons. The van der Waals surface area contributed by atoms with E-state index in [0.29, 0.717) is 17.0 Å². The van der Waals surface area contributed by atoms with Gasteiger partial charge in [0.05, 0.1) is 22.6 Å². The Morgan fingerprint density at radius 3 is 2.78 bits per heavy atom. The molecule has 7 heteroatoms. The zero-order valence-corrected chi connectivity index (χ0v) is 15.3. The number of benzene rings is 1. The maximum atomic E-state index is 13.0. The van der Waals surface area contributed by atoms with E-state index in [9.17, 15) is 19.8 Å². The summed E-state index contributed by atoms with van der Waals surface area (Å²) in [6.07, 6.45) is 1.62. The molecule has 27 heavy (non-hydrogen) atoms. The van der Waals surface area contributed by atoms with Gasteiger partial charge in [-0.25, -0.2) is 0 Å². The van der Waals surface area contributed by atoms with E-state index in [1.807, 2.05) is 0 Å². The average Bonchev–Trinajstić information content (AvgIpc) is 3.40. The van der Waals surface area contributed by atoms with Crippen LogP contribution >= 0.6 is 11.3 Å². The van der Waals surface area contributed by atoms with Gasteiger partial charge in [0.25, 0.3) is 5.91 Å². The predicted molar refractivity (Wildman–Crippen MR) is 99.8 cm³/mol. The van der Waals surface area contributed by atoms with E-state index in [2.05, 4.69) is 0 Å². The summed E-state index contributed by atoms with van der Waals surface area (Å²) in [4.78, 5) is 27.8. The van der Waals surface area contributed by atoms with Crippen LogP contribution in [0.25, 0.3) is 0 Å². The number of ether oxygens (including phenoxy) is 1. The fraction of sp³-hybridized carbons (Fsp3) is 0.300. The van der Waals surface area contributed by atoms with E-state index in [-0.39, 0.29) is 29.8 Å². The van der Waals surface area contributed by atoms with Crippen LogP contribution in [-0.2, 0) is 9.53 Å². The fourth-order valence-electron chi connectivity index (χ4n) is 3.66. The van der Waals surface area contributed by atoms with Gasteiger partial charge in [0, 0.05) is 13.2 Å². The lowest BCUT2D eigenvalue weighted by Crippen LogP contribution is -2.37. The zero-order valence-electron chi connectivity index (χ0n) is 14.5. The number of nitrogens with zero attached hydrogens (tertiary/aromatic N) is 1. The summed E-state index contributed by atoms with van der Waals surface area (Å²) in [5.74, 6) is -1.45. The maximum absolute atomic E-state index is 13.0. The first-order valence-electron chi connectivity index (χ1n) is 8.79. The number of aliphatic hydroxyl groups excluding tert-OH is 1. The monoisotopic (exact) mass is 385 g/mol. The molecular weight excluding hydrogens is 366 g/mol. The number of thiophene rings is 1. The highest BCUT2D eigenvalue weighted by Gasteiger charge is 2.45. The Labute approximate surface area is 160 Å². The lowest BCUT2D eigenvalue weighted by molar-refractivity contribution is -0.131. The first kappa shape index (κ1) is 17.8. The standard InChI is InChI=1S/C20H19NO5S/c22-13-5-1-4-12(10-13)17-16(18(23)15-7-3-9-27-15)19(24)20(25)21(17)11-14-6-2-8-26-14/h1,3-5,7,9-10,14,17,22,24H,2,6,8,11H2/t14-,17-/m0/s1. The third kappa shape index (κ3) is 3.24. The summed E-state index contributed by atoms with van der Waals surface area (Å²) in [6, 6.07) is 9.08.